The number of halogens is 1. The lowest BCUT2D eigenvalue weighted by atomic mass is 10.0. The average Bonchev–Trinajstić information content (AvgIpc) is 3.54. The maximum Gasteiger partial charge on any atom is 0.273 e. The van der Waals surface area contributed by atoms with E-state index < -0.39 is 0 Å². The summed E-state index contributed by atoms with van der Waals surface area (Å²) in [5.41, 5.74) is 10.4. The van der Waals surface area contributed by atoms with E-state index in [0.717, 1.165) is 29.7 Å². The molecule has 0 spiro atoms. The number of benzene rings is 1. The summed E-state index contributed by atoms with van der Waals surface area (Å²) in [6.07, 6.45) is 5.74. The molecule has 3 N–H and O–H groups in total. The van der Waals surface area contributed by atoms with Crippen molar-refractivity contribution >= 4 is 17.4 Å². The molecule has 4 aromatic rings. The average molecular weight is 460 g/mol. The summed E-state index contributed by atoms with van der Waals surface area (Å²) in [7, 11) is 4.02. The van der Waals surface area contributed by atoms with Crippen LogP contribution in [-0.4, -0.2) is 56.3 Å². The van der Waals surface area contributed by atoms with Gasteiger partial charge in [-0.15, -0.1) is 0 Å². The summed E-state index contributed by atoms with van der Waals surface area (Å²) in [6, 6.07) is 9.71. The quantitative estimate of drug-likeness (QED) is 0.459. The van der Waals surface area contributed by atoms with Crippen molar-refractivity contribution in [2.45, 2.75) is 25.3 Å². The number of amides is 1. The molecule has 1 amide bonds. The zero-order valence-corrected chi connectivity index (χ0v) is 19.3. The van der Waals surface area contributed by atoms with Gasteiger partial charge in [0.15, 0.2) is 11.5 Å². The van der Waals surface area contributed by atoms with Crippen molar-refractivity contribution < 1.29 is 9.18 Å². The summed E-state index contributed by atoms with van der Waals surface area (Å²) in [4.78, 5) is 28.8. The smallest absolute Gasteiger partial charge is 0.273 e. The van der Waals surface area contributed by atoms with Crippen LogP contribution in [0.4, 0.5) is 10.2 Å². The Balaban J connectivity index is 1.59. The predicted octanol–water partition coefficient (Wildman–Crippen LogP) is 3.31. The Morgan fingerprint density at radius 3 is 2.47 bits per heavy atom. The van der Waals surface area contributed by atoms with E-state index in [2.05, 4.69) is 25.2 Å². The lowest BCUT2D eigenvalue weighted by Crippen LogP contribution is -2.42. The van der Waals surface area contributed by atoms with Crippen LogP contribution in [0.1, 0.15) is 29.0 Å². The molecule has 1 aliphatic carbocycles. The number of nitrogens with one attached hydrogen (secondary N) is 1. The van der Waals surface area contributed by atoms with Gasteiger partial charge in [-0.3, -0.25) is 4.79 Å². The third kappa shape index (κ3) is 3.88. The molecule has 0 aliphatic heterocycles. The maximum atomic E-state index is 13.6. The summed E-state index contributed by atoms with van der Waals surface area (Å²) in [5, 5.41) is 2.98. The predicted molar refractivity (Wildman–Crippen MR) is 129 cm³/mol. The van der Waals surface area contributed by atoms with Gasteiger partial charge in [0, 0.05) is 41.3 Å². The molecule has 0 unspecified atom stereocenters. The number of carbonyl (C=O) groups excluding carboxylic acids is 1. The number of likely N-dealkylation sites (N-methyl/N-ethyl adjacent to an activating group) is 1. The molecular weight excluding hydrogens is 433 g/mol. The number of nitrogens with zero attached hydrogens (tertiary/aromatic N) is 5. The van der Waals surface area contributed by atoms with Crippen LogP contribution < -0.4 is 11.1 Å². The van der Waals surface area contributed by atoms with Crippen molar-refractivity contribution in [1.82, 2.24) is 29.6 Å². The standard InChI is InChI=1S/C25H26FN7O/c1-15-12-28-19-9-6-17(13-33(15)19)21-20(16-4-7-18(26)8-5-16)31-23(27)22(30-21)24(34)29-14-25(10-11-25)32(2)3/h4-9,12-13H,10-11,14H2,1-3H3,(H2,27,31)(H,29,34). The highest BCUT2D eigenvalue weighted by Gasteiger charge is 2.45. The first-order valence-electron chi connectivity index (χ1n) is 11.1. The first kappa shape index (κ1) is 22.0. The highest BCUT2D eigenvalue weighted by Crippen LogP contribution is 2.39. The second-order valence-corrected chi connectivity index (χ2v) is 9.01. The zero-order valence-electron chi connectivity index (χ0n) is 19.3. The number of hydrogen-bond donors (Lipinski definition) is 2. The van der Waals surface area contributed by atoms with E-state index in [9.17, 15) is 9.18 Å². The number of aromatic nitrogens is 4. The first-order chi connectivity index (χ1) is 16.3. The Morgan fingerprint density at radius 1 is 1.12 bits per heavy atom. The fourth-order valence-corrected chi connectivity index (χ4v) is 4.12. The van der Waals surface area contributed by atoms with E-state index in [-0.39, 0.29) is 28.8 Å². The molecule has 1 aromatic carbocycles. The number of carbonyl (C=O) groups is 1. The molecule has 3 heterocycles. The number of aryl methyl sites for hydroxylation is 1. The lowest BCUT2D eigenvalue weighted by Gasteiger charge is -2.24. The van der Waals surface area contributed by atoms with Crippen molar-refractivity contribution in [3.63, 3.8) is 0 Å². The van der Waals surface area contributed by atoms with Crippen molar-refractivity contribution in [3.8, 4) is 22.5 Å². The highest BCUT2D eigenvalue weighted by molar-refractivity contribution is 5.98. The minimum atomic E-state index is -0.370. The normalized spacial score (nSPS) is 14.5. The molecule has 8 nitrogen and oxygen atoms in total. The third-order valence-corrected chi connectivity index (χ3v) is 6.57. The number of imidazole rings is 1. The Labute approximate surface area is 196 Å². The van der Waals surface area contributed by atoms with E-state index >= 15 is 0 Å². The zero-order chi connectivity index (χ0) is 24.0. The molecule has 3 aromatic heterocycles. The van der Waals surface area contributed by atoms with Crippen LogP contribution in [0, 0.1) is 12.7 Å². The summed E-state index contributed by atoms with van der Waals surface area (Å²) < 4.78 is 15.5. The van der Waals surface area contributed by atoms with E-state index in [1.807, 2.05) is 43.7 Å². The molecule has 0 radical (unpaired) electrons. The van der Waals surface area contributed by atoms with Gasteiger partial charge in [-0.1, -0.05) is 0 Å². The third-order valence-electron chi connectivity index (χ3n) is 6.57. The van der Waals surface area contributed by atoms with Gasteiger partial charge in [-0.2, -0.15) is 0 Å². The Hall–Kier alpha value is -3.85. The van der Waals surface area contributed by atoms with Gasteiger partial charge >= 0.3 is 0 Å². The Bertz CT molecular complexity index is 1390. The second-order valence-electron chi connectivity index (χ2n) is 9.01. The van der Waals surface area contributed by atoms with Gasteiger partial charge in [0.2, 0.25) is 0 Å². The topological polar surface area (TPSA) is 101 Å². The van der Waals surface area contributed by atoms with Crippen LogP contribution in [0.3, 0.4) is 0 Å². The van der Waals surface area contributed by atoms with E-state index in [1.165, 1.54) is 12.1 Å². The van der Waals surface area contributed by atoms with Crippen LogP contribution in [0.15, 0.2) is 48.8 Å². The number of pyridine rings is 1. The van der Waals surface area contributed by atoms with Gasteiger partial charge in [0.05, 0.1) is 11.4 Å². The van der Waals surface area contributed by atoms with Crippen molar-refractivity contribution in [1.29, 1.82) is 0 Å². The molecule has 0 bridgehead atoms. The monoisotopic (exact) mass is 459 g/mol. The van der Waals surface area contributed by atoms with Crippen LogP contribution >= 0.6 is 0 Å². The van der Waals surface area contributed by atoms with Crippen LogP contribution in [-0.2, 0) is 0 Å². The minimum Gasteiger partial charge on any atom is -0.382 e. The number of fused-ring (bicyclic) bond motifs is 1. The first-order valence-corrected chi connectivity index (χ1v) is 11.1. The molecule has 1 aliphatic rings. The van der Waals surface area contributed by atoms with Gasteiger partial charge in [-0.25, -0.2) is 19.3 Å². The number of nitrogen functional groups attached to an aromatic ring is 1. The molecule has 0 saturated heterocycles. The number of anilines is 1. The van der Waals surface area contributed by atoms with Gasteiger partial charge in [0.25, 0.3) is 5.91 Å². The van der Waals surface area contributed by atoms with E-state index in [4.69, 9.17) is 5.73 Å². The minimum absolute atomic E-state index is 0.0152. The summed E-state index contributed by atoms with van der Waals surface area (Å²) >= 11 is 0. The highest BCUT2D eigenvalue weighted by atomic mass is 19.1. The molecular formula is C25H26FN7O. The molecule has 1 saturated carbocycles. The number of rotatable bonds is 6. The molecule has 0 atom stereocenters. The van der Waals surface area contributed by atoms with Crippen LogP contribution in [0.25, 0.3) is 28.2 Å². The van der Waals surface area contributed by atoms with Gasteiger partial charge in [0.1, 0.15) is 11.5 Å². The van der Waals surface area contributed by atoms with Crippen LogP contribution in [0.2, 0.25) is 0 Å². The Morgan fingerprint density at radius 2 is 1.79 bits per heavy atom. The van der Waals surface area contributed by atoms with E-state index in [1.54, 1.807) is 18.3 Å². The largest absolute Gasteiger partial charge is 0.382 e. The van der Waals surface area contributed by atoms with Gasteiger partial charge < -0.3 is 20.4 Å². The fourth-order valence-electron chi connectivity index (χ4n) is 4.12. The molecule has 34 heavy (non-hydrogen) atoms. The van der Waals surface area contributed by atoms with Crippen LogP contribution in [0.5, 0.6) is 0 Å². The maximum absolute atomic E-state index is 13.6. The number of nitrogens with two attached hydrogens (primary N) is 1. The molecule has 174 valence electrons. The number of hydrogen-bond acceptors (Lipinski definition) is 6. The summed E-state index contributed by atoms with van der Waals surface area (Å²) in [6.45, 7) is 2.46. The molecule has 5 rings (SSSR count). The van der Waals surface area contributed by atoms with E-state index in [0.29, 0.717) is 23.5 Å². The van der Waals surface area contributed by atoms with Crippen molar-refractivity contribution in [2.24, 2.45) is 0 Å². The van der Waals surface area contributed by atoms with Crippen molar-refractivity contribution in [2.75, 3.05) is 26.4 Å². The SMILES string of the molecule is Cc1cnc2ccc(-c3nc(C(=O)NCC4(N(C)C)CC4)c(N)nc3-c3ccc(F)cc3)cn12. The molecule has 1 fully saturated rings. The lowest BCUT2D eigenvalue weighted by molar-refractivity contribution is 0.0933. The van der Waals surface area contributed by atoms with Gasteiger partial charge in [-0.05, 0) is 70.3 Å². The summed E-state index contributed by atoms with van der Waals surface area (Å²) in [5.74, 6) is -0.701. The Kier molecular flexibility index (Phi) is 5.28. The fraction of sp³-hybridized carbons (Fsp3) is 0.280. The van der Waals surface area contributed by atoms with Crippen molar-refractivity contribution in [3.05, 3.63) is 66.0 Å². The second kappa shape index (κ2) is 8.18. The molecule has 9 heteroatoms.